The molecule has 0 radical (unpaired) electrons. The van der Waals surface area contributed by atoms with Crippen molar-refractivity contribution in [3.8, 4) is 22.8 Å². The Kier molecular flexibility index (Phi) is 5.07. The lowest BCUT2D eigenvalue weighted by Crippen LogP contribution is -2.15. The van der Waals surface area contributed by atoms with E-state index in [-0.39, 0.29) is 21.6 Å². The average Bonchev–Trinajstić information content (AvgIpc) is 3.27. The van der Waals surface area contributed by atoms with Gasteiger partial charge in [0.1, 0.15) is 16.4 Å². The standard InChI is InChI=1S/C18H15ClN4O4S2/c1-26-14-6-4-3-5-12(14)13-10-28-18-20-17(21-23(13)18)22-29(24,25)16-9-11(19)7-8-15(16)27-2/h3-10H,1-2H3,(H,21,22). The summed E-state index contributed by atoms with van der Waals surface area (Å²) in [7, 11) is -1.05. The fourth-order valence-corrected chi connectivity index (χ4v) is 5.00. The summed E-state index contributed by atoms with van der Waals surface area (Å²) in [5, 5.41) is 6.46. The molecule has 0 bridgehead atoms. The van der Waals surface area contributed by atoms with Gasteiger partial charge in [-0.1, -0.05) is 23.7 Å². The van der Waals surface area contributed by atoms with Crippen LogP contribution in [0, 0.1) is 0 Å². The van der Waals surface area contributed by atoms with Gasteiger partial charge in [-0.2, -0.15) is 4.98 Å². The highest BCUT2D eigenvalue weighted by Gasteiger charge is 2.23. The maximum atomic E-state index is 12.8. The fraction of sp³-hybridized carbons (Fsp3) is 0.111. The van der Waals surface area contributed by atoms with Crippen molar-refractivity contribution in [2.75, 3.05) is 18.9 Å². The summed E-state index contributed by atoms with van der Waals surface area (Å²) in [6, 6.07) is 11.8. The van der Waals surface area contributed by atoms with Crippen molar-refractivity contribution in [3.63, 3.8) is 0 Å². The molecule has 0 fully saturated rings. The number of thiazole rings is 1. The summed E-state index contributed by atoms with van der Waals surface area (Å²) < 4.78 is 40.2. The zero-order valence-corrected chi connectivity index (χ0v) is 17.7. The van der Waals surface area contributed by atoms with E-state index in [0.29, 0.717) is 10.7 Å². The number of fused-ring (bicyclic) bond motifs is 1. The second-order valence-electron chi connectivity index (χ2n) is 5.85. The van der Waals surface area contributed by atoms with Gasteiger partial charge in [0.25, 0.3) is 16.0 Å². The number of aromatic nitrogens is 3. The van der Waals surface area contributed by atoms with Gasteiger partial charge in [-0.05, 0) is 30.3 Å². The zero-order chi connectivity index (χ0) is 20.6. The van der Waals surface area contributed by atoms with Crippen LogP contribution < -0.4 is 14.2 Å². The zero-order valence-electron chi connectivity index (χ0n) is 15.3. The molecular weight excluding hydrogens is 436 g/mol. The molecule has 11 heteroatoms. The Balaban J connectivity index is 1.73. The van der Waals surface area contributed by atoms with Crippen LogP contribution in [0.1, 0.15) is 0 Å². The molecule has 150 valence electrons. The van der Waals surface area contributed by atoms with Gasteiger partial charge >= 0.3 is 0 Å². The number of benzene rings is 2. The highest BCUT2D eigenvalue weighted by molar-refractivity contribution is 7.92. The summed E-state index contributed by atoms with van der Waals surface area (Å²) in [6.07, 6.45) is 0. The number of nitrogens with one attached hydrogen (secondary N) is 1. The monoisotopic (exact) mass is 450 g/mol. The van der Waals surface area contributed by atoms with Gasteiger partial charge in [-0.25, -0.2) is 17.7 Å². The highest BCUT2D eigenvalue weighted by atomic mass is 35.5. The number of halogens is 1. The molecule has 1 N–H and O–H groups in total. The summed E-state index contributed by atoms with van der Waals surface area (Å²) in [5.74, 6) is 0.779. The first kappa shape index (κ1) is 19.5. The molecule has 0 atom stereocenters. The predicted molar refractivity (Wildman–Crippen MR) is 112 cm³/mol. The maximum Gasteiger partial charge on any atom is 0.268 e. The third-order valence-corrected chi connectivity index (χ3v) is 6.51. The first-order valence-corrected chi connectivity index (χ1v) is 11.0. The Hall–Kier alpha value is -2.82. The van der Waals surface area contributed by atoms with Crippen molar-refractivity contribution in [3.05, 3.63) is 52.9 Å². The lowest BCUT2D eigenvalue weighted by atomic mass is 10.1. The van der Waals surface area contributed by atoms with E-state index in [2.05, 4.69) is 14.8 Å². The fourth-order valence-electron chi connectivity index (χ4n) is 2.80. The second kappa shape index (κ2) is 7.54. The SMILES string of the molecule is COc1ccccc1-c1csc2nc(NS(=O)(=O)c3cc(Cl)ccc3OC)nn12. The smallest absolute Gasteiger partial charge is 0.268 e. The van der Waals surface area contributed by atoms with Crippen LogP contribution in [0.25, 0.3) is 16.2 Å². The molecule has 0 unspecified atom stereocenters. The van der Waals surface area contributed by atoms with E-state index in [0.717, 1.165) is 11.3 Å². The molecule has 0 spiro atoms. The van der Waals surface area contributed by atoms with E-state index in [1.807, 2.05) is 29.6 Å². The van der Waals surface area contributed by atoms with Gasteiger partial charge in [-0.15, -0.1) is 16.4 Å². The minimum atomic E-state index is -4.01. The molecule has 0 saturated carbocycles. The molecule has 2 heterocycles. The number of ether oxygens (including phenoxy) is 2. The van der Waals surface area contributed by atoms with Crippen molar-refractivity contribution in [1.29, 1.82) is 0 Å². The molecule has 29 heavy (non-hydrogen) atoms. The number of para-hydroxylation sites is 1. The van der Waals surface area contributed by atoms with E-state index < -0.39 is 10.0 Å². The number of hydrogen-bond donors (Lipinski definition) is 1. The number of nitrogens with zero attached hydrogens (tertiary/aromatic N) is 3. The minimum absolute atomic E-state index is 0.0602. The van der Waals surface area contributed by atoms with Crippen LogP contribution in [0.2, 0.25) is 5.02 Å². The van der Waals surface area contributed by atoms with Crippen LogP contribution in [0.5, 0.6) is 11.5 Å². The van der Waals surface area contributed by atoms with Crippen LogP contribution in [0.3, 0.4) is 0 Å². The number of methoxy groups -OCH3 is 2. The van der Waals surface area contributed by atoms with Crippen LogP contribution in [-0.4, -0.2) is 37.2 Å². The van der Waals surface area contributed by atoms with E-state index >= 15 is 0 Å². The summed E-state index contributed by atoms with van der Waals surface area (Å²) in [6.45, 7) is 0. The van der Waals surface area contributed by atoms with Crippen LogP contribution in [-0.2, 0) is 10.0 Å². The van der Waals surface area contributed by atoms with Crippen LogP contribution in [0.15, 0.2) is 52.7 Å². The first-order valence-electron chi connectivity index (χ1n) is 8.27. The van der Waals surface area contributed by atoms with Gasteiger partial charge in [0, 0.05) is 16.0 Å². The van der Waals surface area contributed by atoms with Crippen molar-refractivity contribution >= 4 is 43.9 Å². The molecule has 2 aromatic heterocycles. The summed E-state index contributed by atoms with van der Waals surface area (Å²) in [5.41, 5.74) is 1.55. The third kappa shape index (κ3) is 3.61. The van der Waals surface area contributed by atoms with Gasteiger partial charge < -0.3 is 9.47 Å². The minimum Gasteiger partial charge on any atom is -0.496 e. The molecule has 8 nitrogen and oxygen atoms in total. The Labute approximate surface area is 175 Å². The molecular formula is C18H15ClN4O4S2. The van der Waals surface area contributed by atoms with Crippen molar-refractivity contribution in [1.82, 2.24) is 14.6 Å². The lowest BCUT2D eigenvalue weighted by Gasteiger charge is -2.10. The quantitative estimate of drug-likeness (QED) is 0.478. The summed E-state index contributed by atoms with van der Waals surface area (Å²) in [4.78, 5) is 4.70. The second-order valence-corrected chi connectivity index (χ2v) is 8.78. The van der Waals surface area contributed by atoms with Crippen molar-refractivity contribution < 1.29 is 17.9 Å². The average molecular weight is 451 g/mol. The number of rotatable bonds is 6. The first-order chi connectivity index (χ1) is 13.9. The molecule has 2 aromatic carbocycles. The molecule has 4 aromatic rings. The highest BCUT2D eigenvalue weighted by Crippen LogP contribution is 2.33. The Morgan fingerprint density at radius 2 is 1.86 bits per heavy atom. The Morgan fingerprint density at radius 3 is 2.62 bits per heavy atom. The molecule has 0 aliphatic carbocycles. The van der Waals surface area contributed by atoms with Gasteiger partial charge in [0.2, 0.25) is 4.96 Å². The maximum absolute atomic E-state index is 12.8. The van der Waals surface area contributed by atoms with Crippen LogP contribution in [0.4, 0.5) is 5.95 Å². The van der Waals surface area contributed by atoms with E-state index in [1.165, 1.54) is 30.6 Å². The molecule has 4 rings (SSSR count). The Morgan fingerprint density at radius 1 is 1.10 bits per heavy atom. The van der Waals surface area contributed by atoms with Gasteiger partial charge in [0.05, 0.1) is 19.9 Å². The molecule has 0 saturated heterocycles. The summed E-state index contributed by atoms with van der Waals surface area (Å²) >= 11 is 7.29. The molecule has 0 aliphatic rings. The Bertz CT molecular complexity index is 1300. The number of anilines is 1. The van der Waals surface area contributed by atoms with E-state index in [4.69, 9.17) is 21.1 Å². The van der Waals surface area contributed by atoms with Crippen molar-refractivity contribution in [2.45, 2.75) is 4.90 Å². The predicted octanol–water partition coefficient (Wildman–Crippen LogP) is 3.93. The lowest BCUT2D eigenvalue weighted by molar-refractivity contribution is 0.403. The normalized spacial score (nSPS) is 11.6. The van der Waals surface area contributed by atoms with Crippen LogP contribution >= 0.6 is 22.9 Å². The molecule has 0 aliphatic heterocycles. The third-order valence-electron chi connectivity index (χ3n) is 4.11. The largest absolute Gasteiger partial charge is 0.496 e. The van der Waals surface area contributed by atoms with Crippen molar-refractivity contribution in [2.24, 2.45) is 0 Å². The van der Waals surface area contributed by atoms with E-state index in [1.54, 1.807) is 17.7 Å². The van der Waals surface area contributed by atoms with Gasteiger partial charge in [-0.3, -0.25) is 0 Å². The topological polar surface area (TPSA) is 94.8 Å². The number of hydrogen-bond acceptors (Lipinski definition) is 7. The number of sulfonamides is 1. The van der Waals surface area contributed by atoms with Gasteiger partial charge in [0.15, 0.2) is 0 Å². The molecule has 0 amide bonds. The van der Waals surface area contributed by atoms with E-state index in [9.17, 15) is 8.42 Å².